The third-order valence-corrected chi connectivity index (χ3v) is 3.97. The van der Waals surface area contributed by atoms with Gasteiger partial charge in [0.05, 0.1) is 16.4 Å². The molecule has 0 heterocycles. The first-order valence-corrected chi connectivity index (χ1v) is 8.80. The van der Waals surface area contributed by atoms with Crippen LogP contribution in [0.2, 0.25) is 10.0 Å². The van der Waals surface area contributed by atoms with Crippen molar-refractivity contribution in [1.82, 2.24) is 0 Å². The summed E-state index contributed by atoms with van der Waals surface area (Å²) in [7, 11) is 0. The Morgan fingerprint density at radius 2 is 1.56 bits per heavy atom. The number of hydrogen-bond acceptors (Lipinski definition) is 4. The first-order chi connectivity index (χ1) is 13.1. The summed E-state index contributed by atoms with van der Waals surface area (Å²) < 4.78 is 5.40. The van der Waals surface area contributed by atoms with Gasteiger partial charge < -0.3 is 10.1 Å². The third-order valence-electron chi connectivity index (χ3n) is 3.44. The number of benzene rings is 3. The Hall–Kier alpha value is -2.89. The van der Waals surface area contributed by atoms with Crippen LogP contribution in [0.4, 0.5) is 17.1 Å². The molecule has 0 aliphatic carbocycles. The maximum absolute atomic E-state index is 12.0. The van der Waals surface area contributed by atoms with Gasteiger partial charge in [-0.2, -0.15) is 10.2 Å². The normalized spacial score (nSPS) is 10.7. The summed E-state index contributed by atoms with van der Waals surface area (Å²) in [6.45, 7) is -0.170. The molecule has 5 nitrogen and oxygen atoms in total. The number of halogens is 2. The van der Waals surface area contributed by atoms with E-state index in [1.165, 1.54) is 0 Å². The lowest BCUT2D eigenvalue weighted by Crippen LogP contribution is -2.20. The number of nitrogens with zero attached hydrogens (tertiary/aromatic N) is 2. The molecule has 0 saturated carbocycles. The number of carbonyl (C=O) groups is 1. The van der Waals surface area contributed by atoms with Gasteiger partial charge in [0, 0.05) is 10.7 Å². The molecule has 136 valence electrons. The van der Waals surface area contributed by atoms with Gasteiger partial charge in [0.25, 0.3) is 5.91 Å². The van der Waals surface area contributed by atoms with Crippen molar-refractivity contribution in [1.29, 1.82) is 0 Å². The first-order valence-electron chi connectivity index (χ1n) is 8.05. The highest BCUT2D eigenvalue weighted by Gasteiger charge is 2.07. The largest absolute Gasteiger partial charge is 0.482 e. The van der Waals surface area contributed by atoms with Crippen LogP contribution >= 0.6 is 23.2 Å². The highest BCUT2D eigenvalue weighted by Crippen LogP contribution is 2.27. The molecule has 0 spiro atoms. The second-order valence-corrected chi connectivity index (χ2v) is 6.34. The van der Waals surface area contributed by atoms with Crippen molar-refractivity contribution in [2.75, 3.05) is 11.9 Å². The van der Waals surface area contributed by atoms with Crippen LogP contribution < -0.4 is 10.1 Å². The molecule has 0 bridgehead atoms. The molecule has 27 heavy (non-hydrogen) atoms. The lowest BCUT2D eigenvalue weighted by atomic mass is 10.3. The number of ether oxygens (including phenoxy) is 1. The van der Waals surface area contributed by atoms with Crippen LogP contribution in [0.5, 0.6) is 5.75 Å². The number of carbonyl (C=O) groups excluding carboxylic acids is 1. The molecule has 1 N–H and O–H groups in total. The monoisotopic (exact) mass is 399 g/mol. The maximum Gasteiger partial charge on any atom is 0.262 e. The molecular formula is C20H15Cl2N3O2. The molecular weight excluding hydrogens is 385 g/mol. The summed E-state index contributed by atoms with van der Waals surface area (Å²) in [5.74, 6) is 0.0903. The number of hydrogen-bond donors (Lipinski definition) is 1. The molecule has 3 aromatic rings. The van der Waals surface area contributed by atoms with Crippen molar-refractivity contribution in [2.45, 2.75) is 0 Å². The molecule has 0 aliphatic rings. The predicted molar refractivity (Wildman–Crippen MR) is 108 cm³/mol. The van der Waals surface area contributed by atoms with E-state index < -0.39 is 0 Å². The van der Waals surface area contributed by atoms with Gasteiger partial charge in [0.1, 0.15) is 5.75 Å². The van der Waals surface area contributed by atoms with Crippen LogP contribution in [0.1, 0.15) is 0 Å². The van der Waals surface area contributed by atoms with Gasteiger partial charge in [-0.1, -0.05) is 41.4 Å². The number of azo groups is 1. The zero-order valence-electron chi connectivity index (χ0n) is 14.1. The number of amides is 1. The van der Waals surface area contributed by atoms with Gasteiger partial charge >= 0.3 is 0 Å². The predicted octanol–water partition coefficient (Wildman–Crippen LogP) is 6.43. The minimum Gasteiger partial charge on any atom is -0.482 e. The van der Waals surface area contributed by atoms with E-state index in [9.17, 15) is 4.79 Å². The lowest BCUT2D eigenvalue weighted by Gasteiger charge is -2.09. The van der Waals surface area contributed by atoms with E-state index in [4.69, 9.17) is 27.9 Å². The highest BCUT2D eigenvalue weighted by molar-refractivity contribution is 6.35. The Morgan fingerprint density at radius 1 is 0.889 bits per heavy atom. The SMILES string of the molecule is O=C(COc1ccc(Cl)cc1Cl)Nc1ccc(N=Nc2ccccc2)cc1. The van der Waals surface area contributed by atoms with E-state index >= 15 is 0 Å². The van der Waals surface area contributed by atoms with Gasteiger partial charge in [-0.05, 0) is 54.6 Å². The second-order valence-electron chi connectivity index (χ2n) is 5.49. The van der Waals surface area contributed by atoms with E-state index in [0.29, 0.717) is 27.2 Å². The summed E-state index contributed by atoms with van der Waals surface area (Å²) in [5, 5.41) is 11.9. The highest BCUT2D eigenvalue weighted by atomic mass is 35.5. The minimum absolute atomic E-state index is 0.170. The molecule has 0 fully saturated rings. The van der Waals surface area contributed by atoms with E-state index in [0.717, 1.165) is 5.69 Å². The standard InChI is InChI=1S/C20H15Cl2N3O2/c21-14-6-11-19(18(22)12-14)27-13-20(26)23-15-7-9-17(10-8-15)25-24-16-4-2-1-3-5-16/h1-12H,13H2,(H,23,26). The van der Waals surface area contributed by atoms with Crippen molar-refractivity contribution in [3.63, 3.8) is 0 Å². The summed E-state index contributed by atoms with van der Waals surface area (Å²) in [4.78, 5) is 12.0. The molecule has 0 aliphatic heterocycles. The van der Waals surface area contributed by atoms with Crippen LogP contribution in [0, 0.1) is 0 Å². The Morgan fingerprint density at radius 3 is 2.22 bits per heavy atom. The van der Waals surface area contributed by atoms with Crippen molar-refractivity contribution in [3.05, 3.63) is 82.8 Å². The van der Waals surface area contributed by atoms with E-state index in [1.807, 2.05) is 30.3 Å². The molecule has 3 rings (SSSR count). The minimum atomic E-state index is -0.306. The summed E-state index contributed by atoms with van der Waals surface area (Å²) in [6, 6.07) is 21.3. The van der Waals surface area contributed by atoms with Crippen molar-refractivity contribution < 1.29 is 9.53 Å². The van der Waals surface area contributed by atoms with Crippen molar-refractivity contribution in [3.8, 4) is 5.75 Å². The fourth-order valence-corrected chi connectivity index (χ4v) is 2.62. The van der Waals surface area contributed by atoms with Crippen LogP contribution in [0.3, 0.4) is 0 Å². The van der Waals surface area contributed by atoms with Gasteiger partial charge in [0.15, 0.2) is 6.61 Å². The topological polar surface area (TPSA) is 63.0 Å². The fourth-order valence-electron chi connectivity index (χ4n) is 2.15. The van der Waals surface area contributed by atoms with Gasteiger partial charge in [-0.25, -0.2) is 0 Å². The third kappa shape index (κ3) is 5.81. The maximum atomic E-state index is 12.0. The second kappa shape index (κ2) is 9.16. The van der Waals surface area contributed by atoms with Gasteiger partial charge in [-0.3, -0.25) is 4.79 Å². The Bertz CT molecular complexity index is 945. The van der Waals surface area contributed by atoms with Crippen molar-refractivity contribution >= 4 is 46.2 Å². The Balaban J connectivity index is 1.53. The average Bonchev–Trinajstić information content (AvgIpc) is 2.67. The van der Waals surface area contributed by atoms with Crippen LogP contribution in [0.25, 0.3) is 0 Å². The summed E-state index contributed by atoms with van der Waals surface area (Å²) >= 11 is 11.8. The number of anilines is 1. The van der Waals surface area contributed by atoms with Crippen LogP contribution in [-0.4, -0.2) is 12.5 Å². The number of nitrogens with one attached hydrogen (secondary N) is 1. The molecule has 0 radical (unpaired) electrons. The lowest BCUT2D eigenvalue weighted by molar-refractivity contribution is -0.118. The zero-order chi connectivity index (χ0) is 19.1. The average molecular weight is 400 g/mol. The number of rotatable bonds is 6. The quantitative estimate of drug-likeness (QED) is 0.485. The fraction of sp³-hybridized carbons (Fsp3) is 0.0500. The first kappa shape index (κ1) is 18.9. The summed E-state index contributed by atoms with van der Waals surface area (Å²) in [5.41, 5.74) is 2.08. The molecule has 0 saturated heterocycles. The molecule has 0 atom stereocenters. The smallest absolute Gasteiger partial charge is 0.262 e. The molecule has 7 heteroatoms. The molecule has 0 unspecified atom stereocenters. The van der Waals surface area contributed by atoms with E-state index in [-0.39, 0.29) is 12.5 Å². The van der Waals surface area contributed by atoms with Crippen LogP contribution in [0.15, 0.2) is 83.0 Å². The summed E-state index contributed by atoms with van der Waals surface area (Å²) in [6.07, 6.45) is 0. The van der Waals surface area contributed by atoms with E-state index in [1.54, 1.807) is 42.5 Å². The van der Waals surface area contributed by atoms with Gasteiger partial charge in [-0.15, -0.1) is 0 Å². The van der Waals surface area contributed by atoms with Gasteiger partial charge in [0.2, 0.25) is 0 Å². The molecule has 0 aromatic heterocycles. The van der Waals surface area contributed by atoms with Crippen molar-refractivity contribution in [2.24, 2.45) is 10.2 Å². The Kier molecular flexibility index (Phi) is 6.41. The van der Waals surface area contributed by atoms with Crippen LogP contribution in [-0.2, 0) is 4.79 Å². The molecule has 1 amide bonds. The Labute approximate surface area is 166 Å². The molecule has 3 aromatic carbocycles. The zero-order valence-corrected chi connectivity index (χ0v) is 15.6. The van der Waals surface area contributed by atoms with E-state index in [2.05, 4.69) is 15.5 Å².